The maximum atomic E-state index is 2.44. The van der Waals surface area contributed by atoms with Crippen molar-refractivity contribution in [3.05, 3.63) is 34.2 Å². The Morgan fingerprint density at radius 2 is 1.94 bits per heavy atom. The van der Waals surface area contributed by atoms with Crippen LogP contribution in [0.4, 0.5) is 0 Å². The predicted molar refractivity (Wildman–Crippen MR) is 72.6 cm³/mol. The molecule has 1 heterocycles. The smallest absolute Gasteiger partial charge is 0.0348 e. The summed E-state index contributed by atoms with van der Waals surface area (Å²) in [5, 5.41) is 1.55. The van der Waals surface area contributed by atoms with E-state index in [0.717, 1.165) is 0 Å². The van der Waals surface area contributed by atoms with Gasteiger partial charge in [-0.1, -0.05) is 19.9 Å². The summed E-state index contributed by atoms with van der Waals surface area (Å²) >= 11 is 1.98. The molecule has 0 N–H and O–H groups in total. The fraction of sp³-hybridized carbons (Fsp3) is 0.467. The monoisotopic (exact) mass is 230 g/mol. The molecule has 3 rings (SSSR count). The molecule has 1 aromatic heterocycles. The Labute approximate surface area is 101 Å². The highest BCUT2D eigenvalue weighted by atomic mass is 32.1. The molecule has 16 heavy (non-hydrogen) atoms. The Hall–Kier alpha value is -0.820. The van der Waals surface area contributed by atoms with Gasteiger partial charge in [0.1, 0.15) is 0 Å². The van der Waals surface area contributed by atoms with Crippen LogP contribution >= 0.6 is 11.3 Å². The Balaban J connectivity index is 2.22. The summed E-state index contributed by atoms with van der Waals surface area (Å²) in [6.45, 7) is 4.58. The molecule has 0 fully saturated rings. The van der Waals surface area contributed by atoms with E-state index in [0.29, 0.717) is 5.92 Å². The van der Waals surface area contributed by atoms with Crippen LogP contribution in [0.3, 0.4) is 0 Å². The minimum absolute atomic E-state index is 0.664. The van der Waals surface area contributed by atoms with Gasteiger partial charge in [-0.25, -0.2) is 0 Å². The molecule has 84 valence electrons. The summed E-state index contributed by atoms with van der Waals surface area (Å²) in [6.07, 6.45) is 5.33. The van der Waals surface area contributed by atoms with Crippen LogP contribution in [0.15, 0.2) is 18.2 Å². The first-order chi connectivity index (χ1) is 7.75. The highest BCUT2D eigenvalue weighted by molar-refractivity contribution is 7.19. The van der Waals surface area contributed by atoms with Crippen LogP contribution < -0.4 is 0 Å². The topological polar surface area (TPSA) is 0 Å². The lowest BCUT2D eigenvalue weighted by Crippen LogP contribution is -2.02. The molecule has 1 aliphatic carbocycles. The van der Waals surface area contributed by atoms with Gasteiger partial charge in [-0.15, -0.1) is 11.3 Å². The van der Waals surface area contributed by atoms with Crippen LogP contribution in [0.5, 0.6) is 0 Å². The standard InChI is InChI=1S/C15H18S/c1-10(2)15-9-13-12-6-4-3-5-11(12)7-8-14(13)16-15/h7-10H,3-6H2,1-2H3. The van der Waals surface area contributed by atoms with Crippen molar-refractivity contribution in [2.75, 3.05) is 0 Å². The second kappa shape index (κ2) is 3.89. The molecule has 0 radical (unpaired) electrons. The van der Waals surface area contributed by atoms with E-state index in [9.17, 15) is 0 Å². The first-order valence-corrected chi connectivity index (χ1v) is 7.11. The minimum Gasteiger partial charge on any atom is -0.140 e. The van der Waals surface area contributed by atoms with Gasteiger partial charge in [0.05, 0.1) is 0 Å². The van der Waals surface area contributed by atoms with Gasteiger partial charge < -0.3 is 0 Å². The molecule has 1 aromatic carbocycles. The SMILES string of the molecule is CC(C)c1cc2c3c(ccc2s1)CCCC3. The fourth-order valence-electron chi connectivity index (χ4n) is 2.67. The number of hydrogen-bond donors (Lipinski definition) is 0. The average molecular weight is 230 g/mol. The van der Waals surface area contributed by atoms with Crippen molar-refractivity contribution in [2.24, 2.45) is 0 Å². The number of fused-ring (bicyclic) bond motifs is 3. The first-order valence-electron chi connectivity index (χ1n) is 6.30. The van der Waals surface area contributed by atoms with E-state index in [-0.39, 0.29) is 0 Å². The van der Waals surface area contributed by atoms with Crippen LogP contribution in [-0.2, 0) is 12.8 Å². The molecule has 0 nitrogen and oxygen atoms in total. The summed E-state index contributed by atoms with van der Waals surface area (Å²) < 4.78 is 1.49. The second-order valence-corrected chi connectivity index (χ2v) is 6.24. The molecule has 1 aliphatic rings. The van der Waals surface area contributed by atoms with E-state index in [1.54, 1.807) is 16.5 Å². The number of thiophene rings is 1. The van der Waals surface area contributed by atoms with E-state index >= 15 is 0 Å². The molecular weight excluding hydrogens is 212 g/mol. The highest BCUT2D eigenvalue weighted by Crippen LogP contribution is 2.36. The van der Waals surface area contributed by atoms with Gasteiger partial charge in [-0.3, -0.25) is 0 Å². The van der Waals surface area contributed by atoms with Crippen molar-refractivity contribution >= 4 is 21.4 Å². The summed E-state index contributed by atoms with van der Waals surface area (Å²) in [5.74, 6) is 0.664. The number of hydrogen-bond acceptors (Lipinski definition) is 1. The van der Waals surface area contributed by atoms with Gasteiger partial charge in [0.25, 0.3) is 0 Å². The quantitative estimate of drug-likeness (QED) is 0.653. The zero-order valence-corrected chi connectivity index (χ0v) is 10.9. The third-order valence-electron chi connectivity index (χ3n) is 3.62. The number of aryl methyl sites for hydroxylation is 2. The van der Waals surface area contributed by atoms with E-state index in [2.05, 4.69) is 32.0 Å². The van der Waals surface area contributed by atoms with Crippen molar-refractivity contribution in [3.63, 3.8) is 0 Å². The third-order valence-corrected chi connectivity index (χ3v) is 5.02. The highest BCUT2D eigenvalue weighted by Gasteiger charge is 2.14. The van der Waals surface area contributed by atoms with Crippen LogP contribution in [0, 0.1) is 0 Å². The largest absolute Gasteiger partial charge is 0.140 e. The second-order valence-electron chi connectivity index (χ2n) is 5.13. The van der Waals surface area contributed by atoms with Crippen LogP contribution in [0.2, 0.25) is 0 Å². The lowest BCUT2D eigenvalue weighted by Gasteiger charge is -2.16. The average Bonchev–Trinajstić information content (AvgIpc) is 2.73. The molecule has 0 amide bonds. The van der Waals surface area contributed by atoms with Crippen molar-refractivity contribution in [2.45, 2.75) is 45.4 Å². The van der Waals surface area contributed by atoms with Gasteiger partial charge in [-0.05, 0) is 60.2 Å². The predicted octanol–water partition coefficient (Wildman–Crippen LogP) is 4.90. The van der Waals surface area contributed by atoms with Crippen molar-refractivity contribution in [1.29, 1.82) is 0 Å². The van der Waals surface area contributed by atoms with Gasteiger partial charge in [-0.2, -0.15) is 0 Å². The van der Waals surface area contributed by atoms with Crippen LogP contribution in [-0.4, -0.2) is 0 Å². The molecular formula is C15H18S. The summed E-state index contributed by atoms with van der Waals surface area (Å²) in [4.78, 5) is 1.54. The minimum atomic E-state index is 0.664. The summed E-state index contributed by atoms with van der Waals surface area (Å²) in [7, 11) is 0. The molecule has 0 aliphatic heterocycles. The zero-order valence-electron chi connectivity index (χ0n) is 10.0. The Kier molecular flexibility index (Phi) is 2.51. The lowest BCUT2D eigenvalue weighted by molar-refractivity contribution is 0.690. The number of rotatable bonds is 1. The van der Waals surface area contributed by atoms with Crippen molar-refractivity contribution < 1.29 is 0 Å². The van der Waals surface area contributed by atoms with Gasteiger partial charge in [0.15, 0.2) is 0 Å². The zero-order chi connectivity index (χ0) is 11.1. The van der Waals surface area contributed by atoms with Crippen molar-refractivity contribution in [3.8, 4) is 0 Å². The Morgan fingerprint density at radius 1 is 1.12 bits per heavy atom. The lowest BCUT2D eigenvalue weighted by atomic mass is 9.89. The summed E-state index contributed by atoms with van der Waals surface area (Å²) in [6, 6.07) is 7.13. The molecule has 0 spiro atoms. The van der Waals surface area contributed by atoms with E-state index in [1.165, 1.54) is 35.3 Å². The van der Waals surface area contributed by atoms with E-state index in [1.807, 2.05) is 11.3 Å². The Morgan fingerprint density at radius 3 is 2.75 bits per heavy atom. The fourth-order valence-corrected chi connectivity index (χ4v) is 3.76. The molecule has 1 heteroatoms. The molecule has 0 bridgehead atoms. The number of benzene rings is 1. The Bertz CT molecular complexity index is 519. The molecule has 0 saturated heterocycles. The molecule has 0 saturated carbocycles. The van der Waals surface area contributed by atoms with Crippen LogP contribution in [0.1, 0.15) is 48.6 Å². The first kappa shape index (κ1) is 10.3. The van der Waals surface area contributed by atoms with Gasteiger partial charge >= 0.3 is 0 Å². The normalized spacial score (nSPS) is 15.7. The van der Waals surface area contributed by atoms with E-state index < -0.39 is 0 Å². The summed E-state index contributed by atoms with van der Waals surface area (Å²) in [5.41, 5.74) is 3.25. The molecule has 0 atom stereocenters. The molecule has 0 unspecified atom stereocenters. The van der Waals surface area contributed by atoms with Gasteiger partial charge in [0.2, 0.25) is 0 Å². The molecule has 2 aromatic rings. The van der Waals surface area contributed by atoms with Crippen molar-refractivity contribution in [1.82, 2.24) is 0 Å². The maximum absolute atomic E-state index is 2.44. The van der Waals surface area contributed by atoms with Gasteiger partial charge in [0, 0.05) is 9.58 Å². The van der Waals surface area contributed by atoms with Crippen LogP contribution in [0.25, 0.3) is 10.1 Å². The van der Waals surface area contributed by atoms with E-state index in [4.69, 9.17) is 0 Å². The third kappa shape index (κ3) is 1.58. The maximum Gasteiger partial charge on any atom is 0.0348 e.